The summed E-state index contributed by atoms with van der Waals surface area (Å²) in [6, 6.07) is 10.9. The SMILES string of the molecule is O=C(Nc1ccc(N2CCCC2=O)c(F)c1)C1CCCN(Cc2cccc(F)c2)C1. The lowest BCUT2D eigenvalue weighted by Crippen LogP contribution is -2.40. The van der Waals surface area contributed by atoms with Crippen molar-refractivity contribution in [3.8, 4) is 0 Å². The van der Waals surface area contributed by atoms with E-state index in [1.807, 2.05) is 6.07 Å². The topological polar surface area (TPSA) is 52.7 Å². The van der Waals surface area contributed by atoms with Gasteiger partial charge >= 0.3 is 0 Å². The first-order valence-electron chi connectivity index (χ1n) is 10.4. The van der Waals surface area contributed by atoms with E-state index in [-0.39, 0.29) is 29.2 Å². The predicted octanol–water partition coefficient (Wildman–Crippen LogP) is 3.94. The van der Waals surface area contributed by atoms with Crippen molar-refractivity contribution in [2.24, 2.45) is 5.92 Å². The zero-order valence-corrected chi connectivity index (χ0v) is 16.7. The summed E-state index contributed by atoms with van der Waals surface area (Å²) in [4.78, 5) is 28.2. The molecule has 7 heteroatoms. The van der Waals surface area contributed by atoms with E-state index in [4.69, 9.17) is 0 Å². The molecule has 0 aliphatic carbocycles. The lowest BCUT2D eigenvalue weighted by atomic mass is 9.96. The number of piperidine rings is 1. The average Bonchev–Trinajstić information content (AvgIpc) is 3.14. The Kier molecular flexibility index (Phi) is 6.08. The zero-order valence-electron chi connectivity index (χ0n) is 16.7. The molecule has 0 saturated carbocycles. The summed E-state index contributed by atoms with van der Waals surface area (Å²) >= 11 is 0. The Bertz CT molecular complexity index is 950. The number of anilines is 2. The average molecular weight is 413 g/mol. The van der Waals surface area contributed by atoms with Crippen LogP contribution in [0.2, 0.25) is 0 Å². The van der Waals surface area contributed by atoms with Crippen LogP contribution in [0, 0.1) is 17.6 Å². The summed E-state index contributed by atoms with van der Waals surface area (Å²) in [5.74, 6) is -1.22. The van der Waals surface area contributed by atoms with Gasteiger partial charge in [-0.25, -0.2) is 8.78 Å². The van der Waals surface area contributed by atoms with Crippen LogP contribution >= 0.6 is 0 Å². The van der Waals surface area contributed by atoms with Crippen molar-refractivity contribution in [3.63, 3.8) is 0 Å². The number of nitrogens with one attached hydrogen (secondary N) is 1. The molecule has 158 valence electrons. The van der Waals surface area contributed by atoms with E-state index in [0.29, 0.717) is 31.7 Å². The van der Waals surface area contributed by atoms with Crippen molar-refractivity contribution in [1.82, 2.24) is 4.90 Å². The monoisotopic (exact) mass is 413 g/mol. The molecule has 0 spiro atoms. The Morgan fingerprint density at radius 3 is 2.70 bits per heavy atom. The van der Waals surface area contributed by atoms with Crippen LogP contribution < -0.4 is 10.2 Å². The second-order valence-electron chi connectivity index (χ2n) is 8.01. The summed E-state index contributed by atoms with van der Waals surface area (Å²) in [6.45, 7) is 2.54. The van der Waals surface area contributed by atoms with Crippen molar-refractivity contribution in [1.29, 1.82) is 0 Å². The molecule has 2 aromatic carbocycles. The molecule has 5 nitrogen and oxygen atoms in total. The predicted molar refractivity (Wildman–Crippen MR) is 111 cm³/mol. The third kappa shape index (κ3) is 4.67. The number of likely N-dealkylation sites (tertiary alicyclic amines) is 1. The van der Waals surface area contributed by atoms with Gasteiger partial charge in [0.2, 0.25) is 11.8 Å². The second kappa shape index (κ2) is 8.92. The third-order valence-electron chi connectivity index (χ3n) is 5.75. The molecule has 0 bridgehead atoms. The molecule has 2 aromatic rings. The van der Waals surface area contributed by atoms with Gasteiger partial charge < -0.3 is 10.2 Å². The number of benzene rings is 2. The number of hydrogen-bond donors (Lipinski definition) is 1. The fourth-order valence-electron chi connectivity index (χ4n) is 4.26. The van der Waals surface area contributed by atoms with Crippen LogP contribution in [0.1, 0.15) is 31.2 Å². The van der Waals surface area contributed by atoms with Gasteiger partial charge in [0, 0.05) is 31.7 Å². The maximum atomic E-state index is 14.5. The molecule has 2 fully saturated rings. The summed E-state index contributed by atoms with van der Waals surface area (Å²) in [5, 5.41) is 2.81. The molecule has 2 amide bonds. The van der Waals surface area contributed by atoms with Crippen molar-refractivity contribution in [3.05, 3.63) is 59.7 Å². The normalized spacial score (nSPS) is 19.9. The van der Waals surface area contributed by atoms with Gasteiger partial charge in [-0.1, -0.05) is 12.1 Å². The maximum absolute atomic E-state index is 14.5. The molecule has 2 aliphatic heterocycles. The molecule has 1 unspecified atom stereocenters. The molecule has 4 rings (SSSR count). The molecule has 0 aromatic heterocycles. The van der Waals surface area contributed by atoms with Crippen LogP contribution in [0.15, 0.2) is 42.5 Å². The van der Waals surface area contributed by atoms with Crippen LogP contribution in [-0.2, 0) is 16.1 Å². The zero-order chi connectivity index (χ0) is 21.1. The van der Waals surface area contributed by atoms with E-state index in [0.717, 1.165) is 31.4 Å². The minimum atomic E-state index is -0.514. The molecular formula is C23H25F2N3O2. The lowest BCUT2D eigenvalue weighted by molar-refractivity contribution is -0.121. The highest BCUT2D eigenvalue weighted by Crippen LogP contribution is 2.27. The van der Waals surface area contributed by atoms with E-state index >= 15 is 0 Å². The standard InChI is InChI=1S/C23H25F2N3O2/c24-18-6-1-4-16(12-18)14-27-10-2-5-17(15-27)23(30)26-19-8-9-21(20(25)13-19)28-11-3-7-22(28)29/h1,4,6,8-9,12-13,17H,2-3,5,7,10-11,14-15H2,(H,26,30). The van der Waals surface area contributed by atoms with Gasteiger partial charge in [-0.3, -0.25) is 14.5 Å². The van der Waals surface area contributed by atoms with E-state index in [9.17, 15) is 18.4 Å². The number of carbonyl (C=O) groups is 2. The fraction of sp³-hybridized carbons (Fsp3) is 0.391. The molecule has 0 radical (unpaired) electrons. The Morgan fingerprint density at radius 1 is 1.10 bits per heavy atom. The maximum Gasteiger partial charge on any atom is 0.228 e. The van der Waals surface area contributed by atoms with Gasteiger partial charge in [0.05, 0.1) is 11.6 Å². The molecular weight excluding hydrogens is 388 g/mol. The molecule has 2 saturated heterocycles. The van der Waals surface area contributed by atoms with Crippen LogP contribution in [0.25, 0.3) is 0 Å². The highest BCUT2D eigenvalue weighted by Gasteiger charge is 2.27. The van der Waals surface area contributed by atoms with E-state index in [1.165, 1.54) is 23.1 Å². The first kappa shape index (κ1) is 20.5. The van der Waals surface area contributed by atoms with Crippen LogP contribution in [0.4, 0.5) is 20.2 Å². The first-order valence-corrected chi connectivity index (χ1v) is 10.4. The second-order valence-corrected chi connectivity index (χ2v) is 8.01. The van der Waals surface area contributed by atoms with E-state index in [2.05, 4.69) is 10.2 Å². The smallest absolute Gasteiger partial charge is 0.228 e. The molecule has 30 heavy (non-hydrogen) atoms. The van der Waals surface area contributed by atoms with Gasteiger partial charge in [0.15, 0.2) is 0 Å². The van der Waals surface area contributed by atoms with Crippen molar-refractivity contribution < 1.29 is 18.4 Å². The Morgan fingerprint density at radius 2 is 1.97 bits per heavy atom. The van der Waals surface area contributed by atoms with Crippen molar-refractivity contribution >= 4 is 23.2 Å². The first-order chi connectivity index (χ1) is 14.5. The van der Waals surface area contributed by atoms with Crippen molar-refractivity contribution in [2.75, 3.05) is 29.9 Å². The number of nitrogens with zero attached hydrogens (tertiary/aromatic N) is 2. The minimum absolute atomic E-state index is 0.0775. The molecule has 1 atom stereocenters. The highest BCUT2D eigenvalue weighted by atomic mass is 19.1. The summed E-state index contributed by atoms with van der Waals surface area (Å²) in [5.41, 5.74) is 1.52. The number of carbonyl (C=O) groups excluding carboxylic acids is 2. The summed E-state index contributed by atoms with van der Waals surface area (Å²) in [7, 11) is 0. The van der Waals surface area contributed by atoms with Gasteiger partial charge in [-0.2, -0.15) is 0 Å². The van der Waals surface area contributed by atoms with Gasteiger partial charge in [0.1, 0.15) is 11.6 Å². The summed E-state index contributed by atoms with van der Waals surface area (Å²) in [6.07, 6.45) is 2.79. The number of rotatable bonds is 5. The van der Waals surface area contributed by atoms with Crippen LogP contribution in [-0.4, -0.2) is 36.3 Å². The van der Waals surface area contributed by atoms with Gasteiger partial charge in [0.25, 0.3) is 0 Å². The number of hydrogen-bond acceptors (Lipinski definition) is 3. The lowest BCUT2D eigenvalue weighted by Gasteiger charge is -2.32. The minimum Gasteiger partial charge on any atom is -0.326 e. The molecule has 2 aliphatic rings. The Hall–Kier alpha value is -2.80. The van der Waals surface area contributed by atoms with Gasteiger partial charge in [-0.05, 0) is 61.7 Å². The number of halogens is 2. The largest absolute Gasteiger partial charge is 0.326 e. The Balaban J connectivity index is 1.37. The molecule has 2 heterocycles. The van der Waals surface area contributed by atoms with Crippen LogP contribution in [0.5, 0.6) is 0 Å². The fourth-order valence-corrected chi connectivity index (χ4v) is 4.26. The van der Waals surface area contributed by atoms with Crippen molar-refractivity contribution in [2.45, 2.75) is 32.2 Å². The number of amides is 2. The quantitative estimate of drug-likeness (QED) is 0.808. The van der Waals surface area contributed by atoms with Gasteiger partial charge in [-0.15, -0.1) is 0 Å². The summed E-state index contributed by atoms with van der Waals surface area (Å²) < 4.78 is 27.9. The van der Waals surface area contributed by atoms with E-state index < -0.39 is 5.82 Å². The Labute approximate surface area is 174 Å². The van der Waals surface area contributed by atoms with Crippen LogP contribution in [0.3, 0.4) is 0 Å². The molecule has 1 N–H and O–H groups in total. The highest BCUT2D eigenvalue weighted by molar-refractivity contribution is 5.96. The third-order valence-corrected chi connectivity index (χ3v) is 5.75. The van der Waals surface area contributed by atoms with E-state index in [1.54, 1.807) is 18.2 Å².